The zero-order valence-electron chi connectivity index (χ0n) is 20.3. The van der Waals surface area contributed by atoms with Crippen LogP contribution in [-0.2, 0) is 0 Å². The topological polar surface area (TPSA) is 51.2 Å². The number of methoxy groups -OCH3 is 1. The van der Waals surface area contributed by atoms with E-state index in [1.807, 2.05) is 31.2 Å². The average molecular weight is 494 g/mol. The summed E-state index contributed by atoms with van der Waals surface area (Å²) in [5.41, 5.74) is 4.25. The molecule has 0 bridgehead atoms. The Labute approximate surface area is 209 Å². The van der Waals surface area contributed by atoms with Crippen LogP contribution in [0.2, 0.25) is 0 Å². The highest BCUT2D eigenvalue weighted by Gasteiger charge is 2.30. The maximum Gasteiger partial charge on any atom is 0.165 e. The lowest BCUT2D eigenvalue weighted by Crippen LogP contribution is -2.49. The Balaban J connectivity index is 1.41. The molecule has 1 N–H and O–H groups in total. The minimum absolute atomic E-state index is 0.145. The van der Waals surface area contributed by atoms with Gasteiger partial charge in [-0.2, -0.15) is 0 Å². The maximum atomic E-state index is 14.2. The largest absolute Gasteiger partial charge is 0.508 e. The third kappa shape index (κ3) is 4.75. The number of hydrogen-bond acceptors (Lipinski definition) is 5. The van der Waals surface area contributed by atoms with Gasteiger partial charge >= 0.3 is 0 Å². The van der Waals surface area contributed by atoms with Crippen LogP contribution in [0.4, 0.5) is 8.78 Å². The molecule has 1 atom stereocenters. The lowest BCUT2D eigenvalue weighted by molar-refractivity contribution is 0.0668. The number of halogens is 2. The molecule has 0 aliphatic carbocycles. The van der Waals surface area contributed by atoms with Crippen LogP contribution in [0.3, 0.4) is 0 Å². The molecule has 2 heterocycles. The fraction of sp³-hybridized carbons (Fsp3) is 0.310. The number of aromatic hydroxyl groups is 1. The number of likely N-dealkylation sites (tertiary alicyclic amines) is 1. The SMILES string of the molecule is COc1cc(C2=C(C)c3cc(O)ccc3OC2c2ccc(OCCN3CC(CF)C3)cc2)ccc1F. The molecule has 7 heteroatoms. The summed E-state index contributed by atoms with van der Waals surface area (Å²) in [4.78, 5) is 2.18. The second kappa shape index (κ2) is 10.2. The van der Waals surface area contributed by atoms with Crippen molar-refractivity contribution in [2.24, 2.45) is 5.92 Å². The van der Waals surface area contributed by atoms with E-state index in [0.29, 0.717) is 12.4 Å². The van der Waals surface area contributed by atoms with Crippen LogP contribution < -0.4 is 14.2 Å². The number of allylic oxidation sites excluding steroid dienone is 1. The monoisotopic (exact) mass is 493 g/mol. The lowest BCUT2D eigenvalue weighted by atomic mass is 9.86. The first-order valence-corrected chi connectivity index (χ1v) is 12.0. The van der Waals surface area contributed by atoms with Gasteiger partial charge < -0.3 is 19.3 Å². The Morgan fingerprint density at radius 2 is 1.83 bits per heavy atom. The fourth-order valence-corrected chi connectivity index (χ4v) is 4.86. The van der Waals surface area contributed by atoms with Crippen LogP contribution in [0, 0.1) is 11.7 Å². The van der Waals surface area contributed by atoms with Gasteiger partial charge in [0.25, 0.3) is 0 Å². The van der Waals surface area contributed by atoms with Crippen LogP contribution in [0.5, 0.6) is 23.0 Å². The number of alkyl halides is 1. The van der Waals surface area contributed by atoms with E-state index in [1.165, 1.54) is 13.2 Å². The first-order chi connectivity index (χ1) is 17.5. The molecular weight excluding hydrogens is 464 g/mol. The molecular formula is C29H29F2NO4. The summed E-state index contributed by atoms with van der Waals surface area (Å²) < 4.78 is 44.3. The molecule has 2 aliphatic rings. The van der Waals surface area contributed by atoms with Crippen molar-refractivity contribution in [3.05, 3.63) is 83.2 Å². The first-order valence-electron chi connectivity index (χ1n) is 12.0. The lowest BCUT2D eigenvalue weighted by Gasteiger charge is -2.37. The number of hydrogen-bond donors (Lipinski definition) is 1. The van der Waals surface area contributed by atoms with E-state index < -0.39 is 11.9 Å². The Kier molecular flexibility index (Phi) is 6.83. The molecule has 0 saturated carbocycles. The van der Waals surface area contributed by atoms with Gasteiger partial charge in [-0.15, -0.1) is 0 Å². The van der Waals surface area contributed by atoms with Crippen LogP contribution in [-0.4, -0.2) is 50.0 Å². The third-order valence-corrected chi connectivity index (χ3v) is 6.85. The summed E-state index contributed by atoms with van der Waals surface area (Å²) in [5, 5.41) is 10.1. The van der Waals surface area contributed by atoms with Gasteiger partial charge in [-0.3, -0.25) is 9.29 Å². The molecule has 36 heavy (non-hydrogen) atoms. The highest BCUT2D eigenvalue weighted by molar-refractivity contribution is 5.95. The van der Waals surface area contributed by atoms with Gasteiger partial charge in [-0.25, -0.2) is 4.39 Å². The highest BCUT2D eigenvalue weighted by Crippen LogP contribution is 2.48. The van der Waals surface area contributed by atoms with E-state index in [1.54, 1.807) is 30.3 Å². The molecule has 5 nitrogen and oxygen atoms in total. The average Bonchev–Trinajstić information content (AvgIpc) is 2.86. The highest BCUT2D eigenvalue weighted by atomic mass is 19.1. The van der Waals surface area contributed by atoms with Gasteiger partial charge in [0.05, 0.1) is 13.8 Å². The molecule has 1 saturated heterocycles. The predicted octanol–water partition coefficient (Wildman–Crippen LogP) is 5.88. The summed E-state index contributed by atoms with van der Waals surface area (Å²) in [6.45, 7) is 4.61. The molecule has 0 aromatic heterocycles. The van der Waals surface area contributed by atoms with Crippen molar-refractivity contribution in [1.82, 2.24) is 4.90 Å². The fourth-order valence-electron chi connectivity index (χ4n) is 4.86. The summed E-state index contributed by atoms with van der Waals surface area (Å²) >= 11 is 0. The number of rotatable bonds is 8. The molecule has 0 amide bonds. The first kappa shape index (κ1) is 24.1. The van der Waals surface area contributed by atoms with Crippen LogP contribution >= 0.6 is 0 Å². The minimum atomic E-state index is -0.454. The summed E-state index contributed by atoms with van der Waals surface area (Å²) in [6, 6.07) is 17.5. The predicted molar refractivity (Wildman–Crippen MR) is 135 cm³/mol. The zero-order chi connectivity index (χ0) is 25.2. The number of benzene rings is 3. The van der Waals surface area contributed by atoms with Gasteiger partial charge in [0.1, 0.15) is 30.0 Å². The number of phenolic OH excluding ortho intramolecular Hbond substituents is 1. The summed E-state index contributed by atoms with van der Waals surface area (Å²) in [6.07, 6.45) is -0.454. The van der Waals surface area contributed by atoms with E-state index in [-0.39, 0.29) is 24.1 Å². The summed E-state index contributed by atoms with van der Waals surface area (Å²) in [7, 11) is 1.44. The molecule has 1 fully saturated rings. The van der Waals surface area contributed by atoms with E-state index in [0.717, 1.165) is 53.2 Å². The van der Waals surface area contributed by atoms with Crippen molar-refractivity contribution in [2.75, 3.05) is 40.0 Å². The van der Waals surface area contributed by atoms with E-state index in [2.05, 4.69) is 4.90 Å². The van der Waals surface area contributed by atoms with E-state index in [9.17, 15) is 13.9 Å². The van der Waals surface area contributed by atoms with Crippen molar-refractivity contribution in [3.8, 4) is 23.0 Å². The van der Waals surface area contributed by atoms with Crippen LogP contribution in [0.25, 0.3) is 11.1 Å². The number of phenols is 1. The van der Waals surface area contributed by atoms with Gasteiger partial charge in [0, 0.05) is 36.7 Å². The van der Waals surface area contributed by atoms with Crippen molar-refractivity contribution in [2.45, 2.75) is 13.0 Å². The van der Waals surface area contributed by atoms with E-state index in [4.69, 9.17) is 14.2 Å². The maximum absolute atomic E-state index is 14.2. The molecule has 3 aromatic carbocycles. The second-order valence-corrected chi connectivity index (χ2v) is 9.26. The normalized spacial score (nSPS) is 17.8. The van der Waals surface area contributed by atoms with Crippen molar-refractivity contribution in [1.29, 1.82) is 0 Å². The Bertz CT molecular complexity index is 1270. The molecule has 2 aliphatic heterocycles. The van der Waals surface area contributed by atoms with Gasteiger partial charge in [0.15, 0.2) is 11.6 Å². The number of nitrogens with zero attached hydrogens (tertiary/aromatic N) is 1. The van der Waals surface area contributed by atoms with Gasteiger partial charge in [0.2, 0.25) is 0 Å². The van der Waals surface area contributed by atoms with Crippen molar-refractivity contribution >= 4 is 11.1 Å². The quantitative estimate of drug-likeness (QED) is 0.425. The third-order valence-electron chi connectivity index (χ3n) is 6.85. The Morgan fingerprint density at radius 1 is 1.06 bits per heavy atom. The van der Waals surface area contributed by atoms with Crippen LogP contribution in [0.1, 0.15) is 29.7 Å². The second-order valence-electron chi connectivity index (χ2n) is 9.26. The molecule has 1 unspecified atom stereocenters. The van der Waals surface area contributed by atoms with Gasteiger partial charge in [-0.1, -0.05) is 18.2 Å². The minimum Gasteiger partial charge on any atom is -0.508 e. The number of fused-ring (bicyclic) bond motifs is 1. The standard InChI is InChI=1S/C29H29F2NO4/c1-18-24-14-22(33)6-10-26(24)36-29(28(18)21-5-9-25(31)27(13-21)34-2)20-3-7-23(8-4-20)35-12-11-32-16-19(15-30)17-32/h3-10,13-14,19,29,33H,11-12,15-17H2,1-2H3. The molecule has 5 rings (SSSR count). The van der Waals surface area contributed by atoms with E-state index >= 15 is 0 Å². The molecule has 0 radical (unpaired) electrons. The zero-order valence-corrected chi connectivity index (χ0v) is 20.3. The molecule has 0 spiro atoms. The smallest absolute Gasteiger partial charge is 0.165 e. The van der Waals surface area contributed by atoms with Gasteiger partial charge in [-0.05, 0) is 66.1 Å². The van der Waals surface area contributed by atoms with Crippen LogP contribution in [0.15, 0.2) is 60.7 Å². The Hall–Kier alpha value is -3.58. The Morgan fingerprint density at radius 3 is 2.56 bits per heavy atom. The van der Waals surface area contributed by atoms with Crippen molar-refractivity contribution in [3.63, 3.8) is 0 Å². The molecule has 3 aromatic rings. The number of ether oxygens (including phenoxy) is 3. The summed E-state index contributed by atoms with van der Waals surface area (Å²) in [5.74, 6) is 1.43. The van der Waals surface area contributed by atoms with Crippen molar-refractivity contribution < 1.29 is 28.1 Å². The molecule has 188 valence electrons.